The molecule has 1 aliphatic rings. The summed E-state index contributed by atoms with van der Waals surface area (Å²) in [6.07, 6.45) is 4.23. The summed E-state index contributed by atoms with van der Waals surface area (Å²) in [5.74, 6) is -1.42. The summed E-state index contributed by atoms with van der Waals surface area (Å²) in [4.78, 5) is 23.8. The fraction of sp³-hybridized carbons (Fsp3) is 0.571. The number of nitrogens with one attached hydrogen (secondary N) is 2. The van der Waals surface area contributed by atoms with Crippen molar-refractivity contribution in [3.63, 3.8) is 0 Å². The second-order valence-electron chi connectivity index (χ2n) is 5.76. The zero-order valence-electron chi connectivity index (χ0n) is 12.8. The van der Waals surface area contributed by atoms with Crippen LogP contribution in [0.5, 0.6) is 0 Å². The quantitative estimate of drug-likeness (QED) is 0.702. The smallest absolute Gasteiger partial charge is 0.329 e. The summed E-state index contributed by atoms with van der Waals surface area (Å²) in [5, 5.41) is 12.0. The minimum atomic E-state index is -3.37. The number of hydrogen-bond donors (Lipinski definition) is 3. The first kappa shape index (κ1) is 17.5. The summed E-state index contributed by atoms with van der Waals surface area (Å²) in [5.41, 5.74) is -1.26. The van der Waals surface area contributed by atoms with Crippen molar-refractivity contribution in [1.82, 2.24) is 10.0 Å². The molecule has 0 atom stereocenters. The van der Waals surface area contributed by atoms with Gasteiger partial charge in [0.15, 0.2) is 5.76 Å². The topological polar surface area (TPSA) is 126 Å². The van der Waals surface area contributed by atoms with Crippen LogP contribution in [0.3, 0.4) is 0 Å². The van der Waals surface area contributed by atoms with E-state index in [9.17, 15) is 23.1 Å². The van der Waals surface area contributed by atoms with Gasteiger partial charge in [-0.05, 0) is 25.0 Å². The number of hydrogen-bond acceptors (Lipinski definition) is 5. The van der Waals surface area contributed by atoms with Crippen molar-refractivity contribution in [3.05, 3.63) is 23.7 Å². The van der Waals surface area contributed by atoms with Gasteiger partial charge >= 0.3 is 5.97 Å². The normalized spacial score (nSPS) is 17.6. The van der Waals surface area contributed by atoms with E-state index >= 15 is 0 Å². The highest BCUT2D eigenvalue weighted by atomic mass is 32.2. The van der Waals surface area contributed by atoms with E-state index in [2.05, 4.69) is 10.0 Å². The molecule has 1 heterocycles. The maximum absolute atomic E-state index is 12.2. The van der Waals surface area contributed by atoms with Crippen LogP contribution in [0.2, 0.25) is 0 Å². The molecule has 1 aromatic heterocycles. The first-order valence-corrected chi connectivity index (χ1v) is 9.20. The second-order valence-corrected chi connectivity index (χ2v) is 7.59. The van der Waals surface area contributed by atoms with Crippen molar-refractivity contribution in [2.75, 3.05) is 6.26 Å². The highest BCUT2D eigenvalue weighted by Gasteiger charge is 2.41. The third-order valence-electron chi connectivity index (χ3n) is 3.86. The van der Waals surface area contributed by atoms with E-state index in [1.807, 2.05) is 0 Å². The Hall–Kier alpha value is -1.87. The Morgan fingerprint density at radius 2 is 1.91 bits per heavy atom. The first-order chi connectivity index (χ1) is 10.7. The summed E-state index contributed by atoms with van der Waals surface area (Å²) < 4.78 is 29.6. The number of carboxylic acid groups (broad SMARTS) is 1. The van der Waals surface area contributed by atoms with Crippen molar-refractivity contribution >= 4 is 21.9 Å². The maximum Gasteiger partial charge on any atom is 0.329 e. The molecule has 1 amide bonds. The van der Waals surface area contributed by atoms with Gasteiger partial charge in [0.25, 0.3) is 5.91 Å². The van der Waals surface area contributed by atoms with Crippen molar-refractivity contribution in [1.29, 1.82) is 0 Å². The second kappa shape index (κ2) is 6.71. The molecule has 0 spiro atoms. The third-order valence-corrected chi connectivity index (χ3v) is 4.53. The highest BCUT2D eigenvalue weighted by Crippen LogP contribution is 2.29. The number of aliphatic carboxylic acids is 1. The third kappa shape index (κ3) is 4.55. The number of sulfonamides is 1. The maximum atomic E-state index is 12.2. The van der Waals surface area contributed by atoms with E-state index in [-0.39, 0.29) is 18.1 Å². The number of rotatable bonds is 6. The van der Waals surface area contributed by atoms with Gasteiger partial charge in [-0.1, -0.05) is 19.3 Å². The number of carbonyl (C=O) groups is 2. The molecule has 0 unspecified atom stereocenters. The average molecular weight is 344 g/mol. The van der Waals surface area contributed by atoms with Crippen molar-refractivity contribution in [2.45, 2.75) is 44.2 Å². The van der Waals surface area contributed by atoms with Crippen LogP contribution < -0.4 is 10.0 Å². The lowest BCUT2D eigenvalue weighted by Crippen LogP contribution is -2.55. The standard InChI is InChI=1S/C14H20N2O6S/c1-23(20,21)15-9-10-5-6-11(22-10)12(17)16-14(13(18)19)7-3-2-4-8-14/h5-6,15H,2-4,7-9H2,1H3,(H,16,17)(H,18,19). The Morgan fingerprint density at radius 3 is 2.48 bits per heavy atom. The number of furan rings is 1. The lowest BCUT2D eigenvalue weighted by molar-refractivity contribution is -0.145. The minimum absolute atomic E-state index is 0.0403. The van der Waals surface area contributed by atoms with Crippen LogP contribution >= 0.6 is 0 Å². The van der Waals surface area contributed by atoms with Crippen LogP contribution in [0.4, 0.5) is 0 Å². The van der Waals surface area contributed by atoms with Gasteiger partial charge in [0.2, 0.25) is 10.0 Å². The Labute approximate surface area is 134 Å². The van der Waals surface area contributed by atoms with E-state index in [1.54, 1.807) is 0 Å². The highest BCUT2D eigenvalue weighted by molar-refractivity contribution is 7.88. The van der Waals surface area contributed by atoms with Crippen LogP contribution in [0.25, 0.3) is 0 Å². The molecular formula is C14H20N2O6S. The molecule has 1 fully saturated rings. The SMILES string of the molecule is CS(=O)(=O)NCc1ccc(C(=O)NC2(C(=O)O)CCCCC2)o1. The van der Waals surface area contributed by atoms with Gasteiger partial charge in [0, 0.05) is 0 Å². The van der Waals surface area contributed by atoms with E-state index in [4.69, 9.17) is 4.42 Å². The zero-order valence-corrected chi connectivity index (χ0v) is 13.6. The molecule has 0 bridgehead atoms. The molecule has 1 saturated carbocycles. The lowest BCUT2D eigenvalue weighted by Gasteiger charge is -2.33. The summed E-state index contributed by atoms with van der Waals surface area (Å²) >= 11 is 0. The average Bonchev–Trinajstić information content (AvgIpc) is 2.94. The lowest BCUT2D eigenvalue weighted by atomic mass is 9.81. The van der Waals surface area contributed by atoms with Gasteiger partial charge in [0.1, 0.15) is 11.3 Å². The van der Waals surface area contributed by atoms with Gasteiger partial charge in [-0.2, -0.15) is 0 Å². The predicted octanol–water partition coefficient (Wildman–Crippen LogP) is 0.846. The van der Waals surface area contributed by atoms with Crippen molar-refractivity contribution in [3.8, 4) is 0 Å². The van der Waals surface area contributed by atoms with E-state index in [0.717, 1.165) is 25.5 Å². The Balaban J connectivity index is 2.05. The van der Waals surface area contributed by atoms with Gasteiger partial charge in [-0.3, -0.25) is 4.79 Å². The van der Waals surface area contributed by atoms with Crippen LogP contribution in [0.1, 0.15) is 48.4 Å². The van der Waals surface area contributed by atoms with Crippen LogP contribution in [0, 0.1) is 0 Å². The van der Waals surface area contributed by atoms with E-state index in [1.165, 1.54) is 12.1 Å². The van der Waals surface area contributed by atoms with Crippen molar-refractivity contribution in [2.24, 2.45) is 0 Å². The molecule has 0 aliphatic heterocycles. The van der Waals surface area contributed by atoms with Crippen molar-refractivity contribution < 1.29 is 27.5 Å². The fourth-order valence-corrected chi connectivity index (χ4v) is 3.03. The Bertz CT molecular complexity index is 688. The molecular weight excluding hydrogens is 324 g/mol. The summed E-state index contributed by atoms with van der Waals surface area (Å²) in [6.45, 7) is -0.0732. The molecule has 0 saturated heterocycles. The Kier molecular flexibility index (Phi) is 5.10. The summed E-state index contributed by atoms with van der Waals surface area (Å²) in [6, 6.07) is 2.87. The Morgan fingerprint density at radius 1 is 1.26 bits per heavy atom. The zero-order chi connectivity index (χ0) is 17.1. The molecule has 3 N–H and O–H groups in total. The van der Waals surface area contributed by atoms with Gasteiger partial charge < -0.3 is 14.8 Å². The molecule has 2 rings (SSSR count). The monoisotopic (exact) mass is 344 g/mol. The number of amides is 1. The summed E-state index contributed by atoms with van der Waals surface area (Å²) in [7, 11) is -3.37. The molecule has 128 valence electrons. The van der Waals surface area contributed by atoms with Gasteiger partial charge in [0.05, 0.1) is 12.8 Å². The largest absolute Gasteiger partial charge is 0.480 e. The number of carboxylic acids is 1. The van der Waals surface area contributed by atoms with Crippen LogP contribution in [-0.4, -0.2) is 37.2 Å². The molecule has 9 heteroatoms. The molecule has 23 heavy (non-hydrogen) atoms. The molecule has 1 aliphatic carbocycles. The molecule has 8 nitrogen and oxygen atoms in total. The van der Waals surface area contributed by atoms with Crippen LogP contribution in [0.15, 0.2) is 16.5 Å². The molecule has 0 radical (unpaired) electrons. The fourth-order valence-electron chi connectivity index (χ4n) is 2.62. The molecule has 1 aromatic rings. The minimum Gasteiger partial charge on any atom is -0.480 e. The predicted molar refractivity (Wildman–Crippen MR) is 81.3 cm³/mol. The van der Waals surface area contributed by atoms with Crippen LogP contribution in [-0.2, 0) is 21.4 Å². The van der Waals surface area contributed by atoms with E-state index in [0.29, 0.717) is 12.8 Å². The van der Waals surface area contributed by atoms with E-state index < -0.39 is 27.4 Å². The number of carbonyl (C=O) groups excluding carboxylic acids is 1. The van der Waals surface area contributed by atoms with Gasteiger partial charge in [-0.15, -0.1) is 0 Å². The van der Waals surface area contributed by atoms with Gasteiger partial charge in [-0.25, -0.2) is 17.9 Å². The first-order valence-electron chi connectivity index (χ1n) is 7.31. The molecule has 0 aromatic carbocycles.